The van der Waals surface area contributed by atoms with Crippen molar-refractivity contribution < 1.29 is 9.13 Å². The molecular formula is C15H23FN2O. The second-order valence-corrected chi connectivity index (χ2v) is 5.31. The molecule has 2 rings (SSSR count). The molecule has 1 N–H and O–H groups in total. The molecule has 0 aromatic heterocycles. The van der Waals surface area contributed by atoms with Crippen LogP contribution in [0.15, 0.2) is 18.2 Å². The van der Waals surface area contributed by atoms with E-state index in [1.165, 1.54) is 6.42 Å². The van der Waals surface area contributed by atoms with E-state index in [4.69, 9.17) is 4.74 Å². The van der Waals surface area contributed by atoms with Crippen molar-refractivity contribution in [2.75, 3.05) is 38.8 Å². The van der Waals surface area contributed by atoms with Gasteiger partial charge in [-0.15, -0.1) is 0 Å². The molecular weight excluding hydrogens is 243 g/mol. The number of nitrogens with one attached hydrogen (secondary N) is 1. The highest BCUT2D eigenvalue weighted by atomic mass is 19.1. The van der Waals surface area contributed by atoms with E-state index < -0.39 is 0 Å². The molecule has 0 amide bonds. The average molecular weight is 266 g/mol. The summed E-state index contributed by atoms with van der Waals surface area (Å²) < 4.78 is 19.1. The number of halogens is 1. The first kappa shape index (κ1) is 14.3. The third-order valence-corrected chi connectivity index (χ3v) is 3.55. The topological polar surface area (TPSA) is 24.5 Å². The van der Waals surface area contributed by atoms with Crippen molar-refractivity contribution in [3.8, 4) is 0 Å². The lowest BCUT2D eigenvalue weighted by Gasteiger charge is -2.28. The number of anilines is 1. The van der Waals surface area contributed by atoms with Crippen LogP contribution in [-0.4, -0.2) is 33.9 Å². The number of hydrogen-bond donors (Lipinski definition) is 1. The van der Waals surface area contributed by atoms with Crippen LogP contribution in [0.2, 0.25) is 0 Å². The number of ether oxygens (including phenoxy) is 1. The maximum absolute atomic E-state index is 13.6. The van der Waals surface area contributed by atoms with Crippen molar-refractivity contribution in [1.29, 1.82) is 0 Å². The number of nitrogens with zero attached hydrogens (tertiary/aromatic N) is 1. The Hall–Kier alpha value is -1.13. The van der Waals surface area contributed by atoms with Crippen molar-refractivity contribution >= 4 is 5.69 Å². The molecule has 1 aliphatic heterocycles. The molecule has 1 atom stereocenters. The maximum Gasteiger partial charge on any atom is 0.125 e. The van der Waals surface area contributed by atoms with Gasteiger partial charge < -0.3 is 15.0 Å². The van der Waals surface area contributed by atoms with Crippen molar-refractivity contribution in [2.24, 2.45) is 5.92 Å². The van der Waals surface area contributed by atoms with Gasteiger partial charge in [-0.2, -0.15) is 0 Å². The van der Waals surface area contributed by atoms with Crippen LogP contribution >= 0.6 is 0 Å². The molecule has 0 spiro atoms. The number of benzene rings is 1. The normalized spacial score (nSPS) is 19.4. The third kappa shape index (κ3) is 4.18. The minimum atomic E-state index is -0.172. The van der Waals surface area contributed by atoms with Crippen LogP contribution < -0.4 is 10.2 Å². The molecule has 1 aliphatic rings. The lowest BCUT2D eigenvalue weighted by molar-refractivity contribution is 0.0576. The molecule has 0 saturated carbocycles. The SMILES string of the molecule is CNCc1cc(F)cc(N(C)CC2CCCOC2)c1. The molecule has 1 fully saturated rings. The zero-order valence-electron chi connectivity index (χ0n) is 11.8. The minimum Gasteiger partial charge on any atom is -0.381 e. The van der Waals surface area contributed by atoms with E-state index >= 15 is 0 Å². The Bertz CT molecular complexity index is 405. The second kappa shape index (κ2) is 6.87. The van der Waals surface area contributed by atoms with Gasteiger partial charge in [-0.25, -0.2) is 4.39 Å². The van der Waals surface area contributed by atoms with E-state index in [1.807, 2.05) is 20.2 Å². The van der Waals surface area contributed by atoms with Crippen LogP contribution in [0.5, 0.6) is 0 Å². The fraction of sp³-hybridized carbons (Fsp3) is 0.600. The fourth-order valence-electron chi connectivity index (χ4n) is 2.60. The van der Waals surface area contributed by atoms with Crippen molar-refractivity contribution in [2.45, 2.75) is 19.4 Å². The van der Waals surface area contributed by atoms with Crippen LogP contribution in [0.3, 0.4) is 0 Å². The first-order valence-corrected chi connectivity index (χ1v) is 6.92. The summed E-state index contributed by atoms with van der Waals surface area (Å²) in [6.07, 6.45) is 2.33. The zero-order valence-corrected chi connectivity index (χ0v) is 11.8. The van der Waals surface area contributed by atoms with Crippen LogP contribution in [0.4, 0.5) is 10.1 Å². The van der Waals surface area contributed by atoms with Crippen molar-refractivity contribution in [3.05, 3.63) is 29.6 Å². The monoisotopic (exact) mass is 266 g/mol. The van der Waals surface area contributed by atoms with E-state index in [2.05, 4.69) is 10.2 Å². The number of rotatable bonds is 5. The summed E-state index contributed by atoms with van der Waals surface area (Å²) in [6, 6.07) is 5.23. The van der Waals surface area contributed by atoms with Crippen LogP contribution in [0.25, 0.3) is 0 Å². The molecule has 1 heterocycles. The van der Waals surface area contributed by atoms with Gasteiger partial charge in [0.15, 0.2) is 0 Å². The Kier molecular flexibility index (Phi) is 5.16. The molecule has 1 aromatic rings. The van der Waals surface area contributed by atoms with Crippen LogP contribution in [0.1, 0.15) is 18.4 Å². The Morgan fingerprint density at radius 1 is 1.42 bits per heavy atom. The highest BCUT2D eigenvalue weighted by Gasteiger charge is 2.16. The van der Waals surface area contributed by atoms with Gasteiger partial charge in [-0.1, -0.05) is 0 Å². The van der Waals surface area contributed by atoms with Gasteiger partial charge in [0.1, 0.15) is 5.82 Å². The lowest BCUT2D eigenvalue weighted by Crippen LogP contribution is -2.31. The highest BCUT2D eigenvalue weighted by Crippen LogP contribution is 2.21. The average Bonchev–Trinajstić information content (AvgIpc) is 2.39. The lowest BCUT2D eigenvalue weighted by atomic mass is 10.0. The van der Waals surface area contributed by atoms with Crippen molar-refractivity contribution in [1.82, 2.24) is 5.32 Å². The molecule has 1 aromatic carbocycles. The summed E-state index contributed by atoms with van der Waals surface area (Å²) in [5, 5.41) is 3.05. The Labute approximate surface area is 114 Å². The quantitative estimate of drug-likeness (QED) is 0.885. The Balaban J connectivity index is 2.02. The van der Waals surface area contributed by atoms with E-state index in [0.29, 0.717) is 12.5 Å². The molecule has 4 heteroatoms. The smallest absolute Gasteiger partial charge is 0.125 e. The molecule has 106 valence electrons. The fourth-order valence-corrected chi connectivity index (χ4v) is 2.60. The Morgan fingerprint density at radius 2 is 2.26 bits per heavy atom. The molecule has 1 unspecified atom stereocenters. The second-order valence-electron chi connectivity index (χ2n) is 5.31. The summed E-state index contributed by atoms with van der Waals surface area (Å²) in [5.74, 6) is 0.379. The van der Waals surface area contributed by atoms with E-state index in [9.17, 15) is 4.39 Å². The highest BCUT2D eigenvalue weighted by molar-refractivity contribution is 5.48. The molecule has 0 aliphatic carbocycles. The first-order chi connectivity index (χ1) is 9.19. The molecule has 3 nitrogen and oxygen atoms in total. The van der Waals surface area contributed by atoms with Gasteiger partial charge in [-0.05, 0) is 49.6 Å². The standard InChI is InChI=1S/C15H23FN2O/c1-17-9-13-6-14(16)8-15(7-13)18(2)10-12-4-3-5-19-11-12/h6-8,12,17H,3-5,9-11H2,1-2H3. The summed E-state index contributed by atoms with van der Waals surface area (Å²) in [4.78, 5) is 2.13. The van der Waals surface area contributed by atoms with Crippen LogP contribution in [0, 0.1) is 11.7 Å². The maximum atomic E-state index is 13.6. The summed E-state index contributed by atoms with van der Waals surface area (Å²) in [7, 11) is 3.89. The molecule has 19 heavy (non-hydrogen) atoms. The van der Waals surface area contributed by atoms with E-state index in [-0.39, 0.29) is 5.82 Å². The van der Waals surface area contributed by atoms with E-state index in [0.717, 1.165) is 37.4 Å². The molecule has 0 bridgehead atoms. The van der Waals surface area contributed by atoms with Gasteiger partial charge in [0, 0.05) is 32.4 Å². The van der Waals surface area contributed by atoms with Gasteiger partial charge in [0.2, 0.25) is 0 Å². The van der Waals surface area contributed by atoms with Gasteiger partial charge in [0.25, 0.3) is 0 Å². The van der Waals surface area contributed by atoms with Crippen molar-refractivity contribution in [3.63, 3.8) is 0 Å². The number of hydrogen-bond acceptors (Lipinski definition) is 3. The molecule has 1 saturated heterocycles. The summed E-state index contributed by atoms with van der Waals surface area (Å²) in [5.41, 5.74) is 1.92. The van der Waals surface area contributed by atoms with E-state index in [1.54, 1.807) is 12.1 Å². The largest absolute Gasteiger partial charge is 0.381 e. The summed E-state index contributed by atoms with van der Waals surface area (Å²) in [6.45, 7) is 3.31. The van der Waals surface area contributed by atoms with Gasteiger partial charge in [0.05, 0.1) is 6.61 Å². The predicted octanol–water partition coefficient (Wildman–Crippen LogP) is 2.41. The molecule has 0 radical (unpaired) electrons. The minimum absolute atomic E-state index is 0.172. The predicted molar refractivity (Wildman–Crippen MR) is 76.0 cm³/mol. The summed E-state index contributed by atoms with van der Waals surface area (Å²) >= 11 is 0. The zero-order chi connectivity index (χ0) is 13.7. The van der Waals surface area contributed by atoms with Gasteiger partial charge in [-0.3, -0.25) is 0 Å². The Morgan fingerprint density at radius 3 is 2.95 bits per heavy atom. The third-order valence-electron chi connectivity index (χ3n) is 3.55. The van der Waals surface area contributed by atoms with Crippen LogP contribution in [-0.2, 0) is 11.3 Å². The van der Waals surface area contributed by atoms with Gasteiger partial charge >= 0.3 is 0 Å². The first-order valence-electron chi connectivity index (χ1n) is 6.92.